The summed E-state index contributed by atoms with van der Waals surface area (Å²) in [7, 11) is 1.60. The van der Waals surface area contributed by atoms with Gasteiger partial charge in [-0.3, -0.25) is 9.59 Å². The third-order valence-electron chi connectivity index (χ3n) is 4.07. The summed E-state index contributed by atoms with van der Waals surface area (Å²) in [5.41, 5.74) is -1.46. The standard InChI is InChI=1S/C20H24O5/c1-19(2,3)25-17(21)12-20(4,18(22)23)15-8-6-14-11-16(24-5)9-7-13(14)10-15/h6-11H,12H2,1-5H3,(H,22,23)/t20-/m0/s1. The highest BCUT2D eigenvalue weighted by atomic mass is 16.6. The first-order chi connectivity index (χ1) is 11.5. The van der Waals surface area contributed by atoms with Crippen molar-refractivity contribution in [3.63, 3.8) is 0 Å². The second-order valence-corrected chi connectivity index (χ2v) is 7.33. The quantitative estimate of drug-likeness (QED) is 0.832. The summed E-state index contributed by atoms with van der Waals surface area (Å²) in [4.78, 5) is 24.1. The van der Waals surface area contributed by atoms with Gasteiger partial charge in [-0.1, -0.05) is 18.2 Å². The van der Waals surface area contributed by atoms with Crippen molar-refractivity contribution in [3.8, 4) is 5.75 Å². The summed E-state index contributed by atoms with van der Waals surface area (Å²) < 4.78 is 10.5. The molecule has 0 aliphatic rings. The number of carbonyl (C=O) groups excluding carboxylic acids is 1. The van der Waals surface area contributed by atoms with Crippen LogP contribution in [-0.2, 0) is 19.7 Å². The highest BCUT2D eigenvalue weighted by molar-refractivity contribution is 5.90. The van der Waals surface area contributed by atoms with Gasteiger partial charge in [0.1, 0.15) is 16.8 Å². The average molecular weight is 344 g/mol. The maximum absolute atomic E-state index is 12.2. The number of hydrogen-bond acceptors (Lipinski definition) is 4. The van der Waals surface area contributed by atoms with Gasteiger partial charge in [0.05, 0.1) is 13.5 Å². The molecule has 0 saturated carbocycles. The van der Waals surface area contributed by atoms with Gasteiger partial charge in [0.2, 0.25) is 0 Å². The summed E-state index contributed by atoms with van der Waals surface area (Å²) in [5.74, 6) is -0.867. The van der Waals surface area contributed by atoms with Gasteiger partial charge in [0.25, 0.3) is 0 Å². The highest BCUT2D eigenvalue weighted by Gasteiger charge is 2.39. The first kappa shape index (κ1) is 18.8. The molecule has 0 unspecified atom stereocenters. The highest BCUT2D eigenvalue weighted by Crippen LogP contribution is 2.32. The molecule has 5 nitrogen and oxygen atoms in total. The maximum atomic E-state index is 12.2. The number of esters is 1. The van der Waals surface area contributed by atoms with Gasteiger partial charge in [0, 0.05) is 0 Å². The van der Waals surface area contributed by atoms with Crippen LogP contribution in [0.1, 0.15) is 39.7 Å². The lowest BCUT2D eigenvalue weighted by atomic mass is 9.79. The molecule has 0 saturated heterocycles. The van der Waals surface area contributed by atoms with E-state index in [9.17, 15) is 14.7 Å². The minimum atomic E-state index is -1.36. The molecule has 0 radical (unpaired) electrons. The van der Waals surface area contributed by atoms with E-state index in [2.05, 4.69) is 0 Å². The predicted octanol–water partition coefficient (Wildman–Crippen LogP) is 3.92. The number of benzene rings is 2. The number of methoxy groups -OCH3 is 1. The lowest BCUT2D eigenvalue weighted by Crippen LogP contribution is -2.37. The zero-order chi connectivity index (χ0) is 18.8. The van der Waals surface area contributed by atoms with Crippen LogP contribution in [0, 0.1) is 0 Å². The monoisotopic (exact) mass is 344 g/mol. The molecule has 0 aliphatic carbocycles. The van der Waals surface area contributed by atoms with Crippen LogP contribution in [0.4, 0.5) is 0 Å². The van der Waals surface area contributed by atoms with Gasteiger partial charge < -0.3 is 14.6 Å². The molecular weight excluding hydrogens is 320 g/mol. The molecule has 2 rings (SSSR count). The molecule has 25 heavy (non-hydrogen) atoms. The van der Waals surface area contributed by atoms with Crippen molar-refractivity contribution in [3.05, 3.63) is 42.0 Å². The Balaban J connectivity index is 2.40. The van der Waals surface area contributed by atoms with Gasteiger partial charge in [-0.15, -0.1) is 0 Å². The number of aliphatic carboxylic acids is 1. The molecule has 2 aromatic rings. The lowest BCUT2D eigenvalue weighted by molar-refractivity contribution is -0.160. The smallest absolute Gasteiger partial charge is 0.314 e. The molecule has 0 amide bonds. The maximum Gasteiger partial charge on any atom is 0.314 e. The Morgan fingerprint density at radius 3 is 2.16 bits per heavy atom. The lowest BCUT2D eigenvalue weighted by Gasteiger charge is -2.27. The molecule has 1 atom stereocenters. The van der Waals surface area contributed by atoms with Crippen LogP contribution in [0.3, 0.4) is 0 Å². The third-order valence-corrected chi connectivity index (χ3v) is 4.07. The second-order valence-electron chi connectivity index (χ2n) is 7.33. The minimum Gasteiger partial charge on any atom is -0.497 e. The van der Waals surface area contributed by atoms with Crippen LogP contribution >= 0.6 is 0 Å². The molecule has 1 N–H and O–H groups in total. The zero-order valence-electron chi connectivity index (χ0n) is 15.3. The Morgan fingerprint density at radius 2 is 1.60 bits per heavy atom. The Labute approximate surface area is 147 Å². The van der Waals surface area contributed by atoms with Crippen molar-refractivity contribution in [1.82, 2.24) is 0 Å². The molecule has 0 aliphatic heterocycles. The van der Waals surface area contributed by atoms with E-state index in [0.717, 1.165) is 16.5 Å². The van der Waals surface area contributed by atoms with Crippen molar-refractivity contribution in [1.29, 1.82) is 0 Å². The van der Waals surface area contributed by atoms with Crippen LogP contribution in [0.5, 0.6) is 5.75 Å². The Morgan fingerprint density at radius 1 is 1.00 bits per heavy atom. The van der Waals surface area contributed by atoms with E-state index in [0.29, 0.717) is 5.56 Å². The SMILES string of the molecule is COc1ccc2cc([C@](C)(CC(=O)OC(C)(C)C)C(=O)O)ccc2c1. The summed E-state index contributed by atoms with van der Waals surface area (Å²) in [5, 5.41) is 11.6. The number of carboxylic acid groups (broad SMARTS) is 1. The fourth-order valence-electron chi connectivity index (χ4n) is 2.66. The second kappa shape index (κ2) is 6.75. The molecule has 2 aromatic carbocycles. The van der Waals surface area contributed by atoms with E-state index in [4.69, 9.17) is 9.47 Å². The van der Waals surface area contributed by atoms with Crippen molar-refractivity contribution in [2.45, 2.75) is 45.1 Å². The molecule has 134 valence electrons. The van der Waals surface area contributed by atoms with Crippen molar-refractivity contribution in [2.24, 2.45) is 0 Å². The van der Waals surface area contributed by atoms with E-state index < -0.39 is 23.0 Å². The Kier molecular flexibility index (Phi) is 5.07. The van der Waals surface area contributed by atoms with Crippen LogP contribution in [0.15, 0.2) is 36.4 Å². The first-order valence-electron chi connectivity index (χ1n) is 8.09. The third kappa shape index (κ3) is 4.29. The van der Waals surface area contributed by atoms with Crippen molar-refractivity contribution >= 4 is 22.7 Å². The molecule has 0 bridgehead atoms. The fourth-order valence-corrected chi connectivity index (χ4v) is 2.66. The topological polar surface area (TPSA) is 72.8 Å². The van der Waals surface area contributed by atoms with Gasteiger partial charge in [-0.05, 0) is 62.2 Å². The van der Waals surface area contributed by atoms with Crippen LogP contribution in [0.25, 0.3) is 10.8 Å². The number of rotatable bonds is 5. The van der Waals surface area contributed by atoms with Gasteiger partial charge in [-0.25, -0.2) is 0 Å². The van der Waals surface area contributed by atoms with Crippen molar-refractivity contribution < 1.29 is 24.2 Å². The van der Waals surface area contributed by atoms with Crippen LogP contribution < -0.4 is 4.74 Å². The summed E-state index contributed by atoms with van der Waals surface area (Å²) in [6.07, 6.45) is -0.235. The predicted molar refractivity (Wildman–Crippen MR) is 95.9 cm³/mol. The van der Waals surface area contributed by atoms with Crippen molar-refractivity contribution in [2.75, 3.05) is 7.11 Å². The Bertz CT molecular complexity index is 803. The normalized spacial score (nSPS) is 14.0. The van der Waals surface area contributed by atoms with Gasteiger partial charge in [0.15, 0.2) is 0 Å². The van der Waals surface area contributed by atoms with E-state index >= 15 is 0 Å². The van der Waals surface area contributed by atoms with Crippen LogP contribution in [0.2, 0.25) is 0 Å². The van der Waals surface area contributed by atoms with E-state index in [-0.39, 0.29) is 6.42 Å². The van der Waals surface area contributed by atoms with E-state index in [1.807, 2.05) is 24.3 Å². The molecule has 0 heterocycles. The summed E-state index contributed by atoms with van der Waals surface area (Å²) in [6.45, 7) is 6.81. The number of ether oxygens (including phenoxy) is 2. The fraction of sp³-hybridized carbons (Fsp3) is 0.400. The zero-order valence-corrected chi connectivity index (χ0v) is 15.3. The average Bonchev–Trinajstić information content (AvgIpc) is 2.51. The molecule has 0 spiro atoms. The molecule has 5 heteroatoms. The summed E-state index contributed by atoms with van der Waals surface area (Å²) in [6, 6.07) is 10.9. The largest absolute Gasteiger partial charge is 0.497 e. The Hall–Kier alpha value is -2.56. The van der Waals surface area contributed by atoms with Gasteiger partial charge in [-0.2, -0.15) is 0 Å². The van der Waals surface area contributed by atoms with Gasteiger partial charge >= 0.3 is 11.9 Å². The molecule has 0 aromatic heterocycles. The van der Waals surface area contributed by atoms with Crippen LogP contribution in [-0.4, -0.2) is 29.8 Å². The van der Waals surface area contributed by atoms with E-state index in [1.165, 1.54) is 0 Å². The van der Waals surface area contributed by atoms with E-state index in [1.54, 1.807) is 46.9 Å². The first-order valence-corrected chi connectivity index (χ1v) is 8.09. The summed E-state index contributed by atoms with van der Waals surface area (Å²) >= 11 is 0. The number of fused-ring (bicyclic) bond motifs is 1. The molecular formula is C20H24O5. The number of carbonyl (C=O) groups is 2. The molecule has 0 fully saturated rings. The number of carboxylic acids is 1. The minimum absolute atomic E-state index is 0.235. The number of hydrogen-bond donors (Lipinski definition) is 1.